The van der Waals surface area contributed by atoms with Gasteiger partial charge in [-0.3, -0.25) is 4.79 Å². The summed E-state index contributed by atoms with van der Waals surface area (Å²) in [5.74, 6) is 1.33. The van der Waals surface area contributed by atoms with E-state index in [9.17, 15) is 4.79 Å². The highest BCUT2D eigenvalue weighted by Gasteiger charge is 2.07. The van der Waals surface area contributed by atoms with Gasteiger partial charge in [-0.05, 0) is 37.4 Å². The highest BCUT2D eigenvalue weighted by atomic mass is 16.2. The van der Waals surface area contributed by atoms with Crippen LogP contribution in [0.25, 0.3) is 0 Å². The summed E-state index contributed by atoms with van der Waals surface area (Å²) in [6.45, 7) is 3.76. The molecule has 0 bridgehead atoms. The van der Waals surface area contributed by atoms with Crippen molar-refractivity contribution in [3.8, 4) is 0 Å². The lowest BCUT2D eigenvalue weighted by molar-refractivity contribution is 0.0827. The van der Waals surface area contributed by atoms with Crippen LogP contribution in [0.15, 0.2) is 18.3 Å². The Hall–Kier alpha value is -1.62. The van der Waals surface area contributed by atoms with Gasteiger partial charge in [0.1, 0.15) is 5.82 Å². The number of carbonyl (C=O) groups is 1. The Labute approximate surface area is 115 Å². The van der Waals surface area contributed by atoms with Crippen molar-refractivity contribution in [2.45, 2.75) is 19.8 Å². The number of amides is 1. The summed E-state index contributed by atoms with van der Waals surface area (Å²) in [5, 5.41) is 3.24. The maximum atomic E-state index is 11.7. The molecule has 5 nitrogen and oxygen atoms in total. The van der Waals surface area contributed by atoms with Gasteiger partial charge in [-0.2, -0.15) is 0 Å². The molecule has 0 saturated heterocycles. The first-order chi connectivity index (χ1) is 9.04. The average molecular weight is 264 g/mol. The van der Waals surface area contributed by atoms with Crippen LogP contribution in [0.2, 0.25) is 0 Å². The molecule has 1 unspecified atom stereocenters. The largest absolute Gasteiger partial charge is 0.370 e. The Kier molecular flexibility index (Phi) is 6.29. The average Bonchev–Trinajstić information content (AvgIpc) is 2.43. The second-order valence-electron chi connectivity index (χ2n) is 5.04. The van der Waals surface area contributed by atoms with E-state index in [-0.39, 0.29) is 5.91 Å². The molecular weight excluding hydrogens is 240 g/mol. The van der Waals surface area contributed by atoms with E-state index >= 15 is 0 Å². The fourth-order valence-electron chi connectivity index (χ4n) is 1.67. The van der Waals surface area contributed by atoms with Crippen LogP contribution in [0, 0.1) is 5.92 Å². The Bertz CT molecular complexity index is 389. The summed E-state index contributed by atoms with van der Waals surface area (Å²) in [7, 11) is 3.46. The molecule has 1 aromatic rings. The lowest BCUT2D eigenvalue weighted by Gasteiger charge is -2.11. The molecule has 1 atom stereocenters. The molecule has 0 fully saturated rings. The van der Waals surface area contributed by atoms with E-state index < -0.39 is 0 Å². The number of hydrogen-bond donors (Lipinski definition) is 2. The lowest BCUT2D eigenvalue weighted by Crippen LogP contribution is -2.21. The third-order valence-corrected chi connectivity index (χ3v) is 3.00. The number of aromatic nitrogens is 1. The van der Waals surface area contributed by atoms with Gasteiger partial charge in [-0.25, -0.2) is 4.98 Å². The molecule has 3 N–H and O–H groups in total. The molecule has 0 spiro atoms. The molecule has 0 radical (unpaired) electrons. The number of pyridine rings is 1. The van der Waals surface area contributed by atoms with Crippen LogP contribution >= 0.6 is 0 Å². The van der Waals surface area contributed by atoms with Crippen molar-refractivity contribution in [3.63, 3.8) is 0 Å². The molecule has 0 aromatic carbocycles. The van der Waals surface area contributed by atoms with Gasteiger partial charge in [0.05, 0.1) is 5.56 Å². The maximum Gasteiger partial charge on any atom is 0.254 e. The molecule has 0 saturated carbocycles. The topological polar surface area (TPSA) is 71.2 Å². The summed E-state index contributed by atoms with van der Waals surface area (Å²) in [6.07, 6.45) is 3.78. The van der Waals surface area contributed by atoms with Gasteiger partial charge >= 0.3 is 0 Å². The minimum Gasteiger partial charge on any atom is -0.370 e. The monoisotopic (exact) mass is 264 g/mol. The first kappa shape index (κ1) is 15.4. The highest BCUT2D eigenvalue weighted by Crippen LogP contribution is 2.08. The van der Waals surface area contributed by atoms with E-state index in [4.69, 9.17) is 5.73 Å². The van der Waals surface area contributed by atoms with Crippen LogP contribution in [0.3, 0.4) is 0 Å². The van der Waals surface area contributed by atoms with E-state index in [1.54, 1.807) is 31.3 Å². The molecule has 19 heavy (non-hydrogen) atoms. The number of carbonyl (C=O) groups excluding carboxylic acids is 1. The van der Waals surface area contributed by atoms with Gasteiger partial charge in [0.15, 0.2) is 0 Å². The number of nitrogens with two attached hydrogens (primary N) is 1. The quantitative estimate of drug-likeness (QED) is 0.733. The normalized spacial score (nSPS) is 12.0. The van der Waals surface area contributed by atoms with E-state index in [0.717, 1.165) is 31.7 Å². The van der Waals surface area contributed by atoms with Crippen molar-refractivity contribution in [1.29, 1.82) is 0 Å². The Morgan fingerprint density at radius 3 is 2.74 bits per heavy atom. The second kappa shape index (κ2) is 7.74. The lowest BCUT2D eigenvalue weighted by atomic mass is 10.1. The third-order valence-electron chi connectivity index (χ3n) is 3.00. The van der Waals surface area contributed by atoms with Gasteiger partial charge in [0.2, 0.25) is 0 Å². The first-order valence-corrected chi connectivity index (χ1v) is 6.66. The fraction of sp³-hybridized carbons (Fsp3) is 0.571. The summed E-state index contributed by atoms with van der Waals surface area (Å²) in [4.78, 5) is 17.5. The van der Waals surface area contributed by atoms with Crippen molar-refractivity contribution in [2.75, 3.05) is 32.5 Å². The molecule has 1 aromatic heterocycles. The SMILES string of the molecule is CC(CN)CCCNc1ccc(C(=O)N(C)C)cn1. The van der Waals surface area contributed by atoms with Gasteiger partial charge in [-0.1, -0.05) is 6.92 Å². The molecule has 0 aliphatic rings. The summed E-state index contributed by atoms with van der Waals surface area (Å²) in [5.41, 5.74) is 6.17. The van der Waals surface area contributed by atoms with Gasteiger partial charge in [0, 0.05) is 26.8 Å². The number of nitrogens with one attached hydrogen (secondary N) is 1. The summed E-state index contributed by atoms with van der Waals surface area (Å²) < 4.78 is 0. The zero-order valence-electron chi connectivity index (χ0n) is 12.0. The molecule has 106 valence electrons. The first-order valence-electron chi connectivity index (χ1n) is 6.66. The minimum atomic E-state index is -0.0316. The van der Waals surface area contributed by atoms with Crippen molar-refractivity contribution in [1.82, 2.24) is 9.88 Å². The van der Waals surface area contributed by atoms with Crippen LogP contribution in [0.4, 0.5) is 5.82 Å². The zero-order chi connectivity index (χ0) is 14.3. The summed E-state index contributed by atoms with van der Waals surface area (Å²) >= 11 is 0. The Morgan fingerprint density at radius 1 is 1.47 bits per heavy atom. The van der Waals surface area contributed by atoms with E-state index in [1.165, 1.54) is 0 Å². The van der Waals surface area contributed by atoms with Gasteiger partial charge in [0.25, 0.3) is 5.91 Å². The zero-order valence-corrected chi connectivity index (χ0v) is 12.0. The van der Waals surface area contributed by atoms with Crippen LogP contribution < -0.4 is 11.1 Å². The number of nitrogens with zero attached hydrogens (tertiary/aromatic N) is 2. The van der Waals surface area contributed by atoms with Crippen molar-refractivity contribution in [3.05, 3.63) is 23.9 Å². The van der Waals surface area contributed by atoms with Crippen molar-refractivity contribution >= 4 is 11.7 Å². The Balaban J connectivity index is 2.38. The summed E-state index contributed by atoms with van der Waals surface area (Å²) in [6, 6.07) is 3.63. The van der Waals surface area contributed by atoms with Gasteiger partial charge < -0.3 is 16.0 Å². The van der Waals surface area contributed by atoms with Crippen molar-refractivity contribution in [2.24, 2.45) is 11.7 Å². The van der Waals surface area contributed by atoms with E-state index in [1.807, 2.05) is 6.07 Å². The number of anilines is 1. The molecule has 0 aliphatic carbocycles. The number of hydrogen-bond acceptors (Lipinski definition) is 4. The van der Waals surface area contributed by atoms with Crippen LogP contribution in [0.1, 0.15) is 30.1 Å². The van der Waals surface area contributed by atoms with Crippen LogP contribution in [-0.2, 0) is 0 Å². The highest BCUT2D eigenvalue weighted by molar-refractivity contribution is 5.93. The van der Waals surface area contributed by atoms with Crippen molar-refractivity contribution < 1.29 is 4.79 Å². The molecule has 1 amide bonds. The van der Waals surface area contributed by atoms with Crippen LogP contribution in [0.5, 0.6) is 0 Å². The molecule has 0 aliphatic heterocycles. The van der Waals surface area contributed by atoms with E-state index in [2.05, 4.69) is 17.2 Å². The van der Waals surface area contributed by atoms with E-state index in [0.29, 0.717) is 11.5 Å². The maximum absolute atomic E-state index is 11.7. The minimum absolute atomic E-state index is 0.0316. The Morgan fingerprint density at radius 2 is 2.21 bits per heavy atom. The number of rotatable bonds is 7. The molecule has 5 heteroatoms. The predicted octanol–water partition coefficient (Wildman–Crippen LogP) is 1.57. The standard InChI is InChI=1S/C14H24N4O/c1-11(9-15)5-4-8-16-13-7-6-12(10-17-13)14(19)18(2)3/h6-7,10-11H,4-5,8-9,15H2,1-3H3,(H,16,17). The second-order valence-corrected chi connectivity index (χ2v) is 5.04. The molecule has 1 rings (SSSR count). The predicted molar refractivity (Wildman–Crippen MR) is 78.2 cm³/mol. The fourth-order valence-corrected chi connectivity index (χ4v) is 1.67. The van der Waals surface area contributed by atoms with Gasteiger partial charge in [-0.15, -0.1) is 0 Å². The third kappa shape index (κ3) is 5.26. The molecular formula is C14H24N4O. The van der Waals surface area contributed by atoms with Crippen LogP contribution in [-0.4, -0.2) is 43.0 Å². The smallest absolute Gasteiger partial charge is 0.254 e. The molecule has 1 heterocycles.